The summed E-state index contributed by atoms with van der Waals surface area (Å²) in [6.07, 6.45) is 2.93. The lowest BCUT2D eigenvalue weighted by Gasteiger charge is -2.32. The molecule has 23 heavy (non-hydrogen) atoms. The molecule has 2 saturated heterocycles. The number of carbonyl (C=O) groups is 4. The summed E-state index contributed by atoms with van der Waals surface area (Å²) in [5.41, 5.74) is 0. The summed E-state index contributed by atoms with van der Waals surface area (Å²) in [6.45, 7) is 1.87. The molecule has 0 aromatic carbocycles. The number of hydrogen-bond donors (Lipinski definition) is 1. The van der Waals surface area contributed by atoms with Gasteiger partial charge in [-0.05, 0) is 38.8 Å². The van der Waals surface area contributed by atoms with Gasteiger partial charge in [0.05, 0.1) is 0 Å². The van der Waals surface area contributed by atoms with Gasteiger partial charge in [0.1, 0.15) is 6.54 Å². The molecule has 2 aliphatic rings. The van der Waals surface area contributed by atoms with Crippen molar-refractivity contribution >= 4 is 36.2 Å². The zero-order valence-electron chi connectivity index (χ0n) is 13.4. The van der Waals surface area contributed by atoms with Crippen LogP contribution in [0.2, 0.25) is 0 Å². The van der Waals surface area contributed by atoms with Crippen molar-refractivity contribution in [1.29, 1.82) is 0 Å². The third-order valence-electron chi connectivity index (χ3n) is 4.31. The Labute approximate surface area is 141 Å². The molecule has 0 spiro atoms. The summed E-state index contributed by atoms with van der Waals surface area (Å²) in [5, 5.41) is 3.12. The van der Waals surface area contributed by atoms with Crippen LogP contribution in [0.3, 0.4) is 0 Å². The van der Waals surface area contributed by atoms with Crippen LogP contribution in [0.15, 0.2) is 0 Å². The van der Waals surface area contributed by atoms with E-state index in [-0.39, 0.29) is 24.9 Å². The van der Waals surface area contributed by atoms with Crippen molar-refractivity contribution in [3.05, 3.63) is 0 Å². The highest BCUT2D eigenvalue weighted by Gasteiger charge is 2.43. The highest BCUT2D eigenvalue weighted by molar-refractivity contribution is 6.44. The standard InChI is InChI=1S/C14H22N4O4.ClH/c1-15-6-3-10-4-7-17(8-5-10)11(19)9-18-13(21)12(20)16(2)14(18)22;/h10,15H,3-9H2,1-2H3;1H. The first-order chi connectivity index (χ1) is 10.5. The van der Waals surface area contributed by atoms with Gasteiger partial charge in [-0.25, -0.2) is 9.69 Å². The Kier molecular flexibility index (Phi) is 6.96. The van der Waals surface area contributed by atoms with Crippen LogP contribution in [0.1, 0.15) is 19.3 Å². The van der Waals surface area contributed by atoms with E-state index >= 15 is 0 Å². The molecule has 0 unspecified atom stereocenters. The quantitative estimate of drug-likeness (QED) is 0.544. The highest BCUT2D eigenvalue weighted by Crippen LogP contribution is 2.20. The Balaban J connectivity index is 0.00000264. The van der Waals surface area contributed by atoms with E-state index in [1.807, 2.05) is 7.05 Å². The van der Waals surface area contributed by atoms with Gasteiger partial charge in [-0.1, -0.05) is 0 Å². The van der Waals surface area contributed by atoms with Crippen molar-refractivity contribution in [2.45, 2.75) is 19.3 Å². The van der Waals surface area contributed by atoms with E-state index in [0.29, 0.717) is 19.0 Å². The Hall–Kier alpha value is -1.67. The van der Waals surface area contributed by atoms with Gasteiger partial charge in [-0.3, -0.25) is 19.3 Å². The van der Waals surface area contributed by atoms with Crippen LogP contribution in [0.25, 0.3) is 0 Å². The molecule has 0 aromatic heterocycles. The van der Waals surface area contributed by atoms with Crippen molar-refractivity contribution in [2.24, 2.45) is 5.92 Å². The number of nitrogens with zero attached hydrogens (tertiary/aromatic N) is 3. The first-order valence-corrected chi connectivity index (χ1v) is 7.51. The first-order valence-electron chi connectivity index (χ1n) is 7.51. The molecule has 2 heterocycles. The molecular weight excluding hydrogens is 324 g/mol. The molecule has 0 saturated carbocycles. The molecule has 2 rings (SSSR count). The topological polar surface area (TPSA) is 90.0 Å². The zero-order chi connectivity index (χ0) is 16.3. The van der Waals surface area contributed by atoms with Gasteiger partial charge in [0.15, 0.2) is 0 Å². The minimum atomic E-state index is -0.926. The predicted molar refractivity (Wildman–Crippen MR) is 85.0 cm³/mol. The third kappa shape index (κ3) is 4.20. The molecule has 1 N–H and O–H groups in total. The molecule has 0 radical (unpaired) electrons. The SMILES string of the molecule is CNCCC1CCN(C(=O)CN2C(=O)C(=O)N(C)C2=O)CC1.Cl. The van der Waals surface area contributed by atoms with Crippen LogP contribution in [0.4, 0.5) is 4.79 Å². The molecule has 5 amide bonds. The number of amides is 5. The number of halogens is 1. The number of likely N-dealkylation sites (N-methyl/N-ethyl adjacent to an activating group) is 1. The van der Waals surface area contributed by atoms with E-state index in [4.69, 9.17) is 0 Å². The van der Waals surface area contributed by atoms with Crippen LogP contribution < -0.4 is 5.32 Å². The van der Waals surface area contributed by atoms with Gasteiger partial charge < -0.3 is 10.2 Å². The Morgan fingerprint density at radius 2 is 1.78 bits per heavy atom. The molecule has 0 atom stereocenters. The number of likely N-dealkylation sites (tertiary alicyclic amines) is 1. The maximum Gasteiger partial charge on any atom is 0.334 e. The lowest BCUT2D eigenvalue weighted by Crippen LogP contribution is -2.46. The maximum atomic E-state index is 12.2. The van der Waals surface area contributed by atoms with Crippen molar-refractivity contribution in [1.82, 2.24) is 20.0 Å². The van der Waals surface area contributed by atoms with E-state index in [0.717, 1.165) is 35.6 Å². The molecule has 2 fully saturated rings. The Morgan fingerprint density at radius 1 is 1.17 bits per heavy atom. The van der Waals surface area contributed by atoms with Crippen molar-refractivity contribution in [2.75, 3.05) is 40.3 Å². The average molecular weight is 347 g/mol. The summed E-state index contributed by atoms with van der Waals surface area (Å²) < 4.78 is 0. The summed E-state index contributed by atoms with van der Waals surface area (Å²) in [6, 6.07) is -0.729. The fraction of sp³-hybridized carbons (Fsp3) is 0.714. The number of hydrogen-bond acceptors (Lipinski definition) is 5. The van der Waals surface area contributed by atoms with Gasteiger partial charge >= 0.3 is 17.8 Å². The second-order valence-corrected chi connectivity index (χ2v) is 5.75. The van der Waals surface area contributed by atoms with Gasteiger partial charge in [-0.2, -0.15) is 0 Å². The highest BCUT2D eigenvalue weighted by atomic mass is 35.5. The summed E-state index contributed by atoms with van der Waals surface area (Å²) >= 11 is 0. The molecular formula is C14H23ClN4O4. The second-order valence-electron chi connectivity index (χ2n) is 5.75. The monoisotopic (exact) mass is 346 g/mol. The summed E-state index contributed by atoms with van der Waals surface area (Å²) in [4.78, 5) is 50.1. The number of carbonyl (C=O) groups excluding carboxylic acids is 4. The average Bonchev–Trinajstić information content (AvgIpc) is 2.71. The van der Waals surface area contributed by atoms with E-state index in [2.05, 4.69) is 5.32 Å². The molecule has 9 heteroatoms. The Bertz CT molecular complexity index is 491. The zero-order valence-corrected chi connectivity index (χ0v) is 14.2. The fourth-order valence-electron chi connectivity index (χ4n) is 2.81. The van der Waals surface area contributed by atoms with Crippen molar-refractivity contribution in [3.63, 3.8) is 0 Å². The lowest BCUT2D eigenvalue weighted by atomic mass is 9.93. The molecule has 8 nitrogen and oxygen atoms in total. The van der Waals surface area contributed by atoms with Crippen molar-refractivity contribution in [3.8, 4) is 0 Å². The molecule has 0 aromatic rings. The van der Waals surface area contributed by atoms with Crippen LogP contribution in [0, 0.1) is 5.92 Å². The van der Waals surface area contributed by atoms with Crippen LogP contribution in [-0.4, -0.2) is 78.7 Å². The minimum Gasteiger partial charge on any atom is -0.341 e. The fourth-order valence-corrected chi connectivity index (χ4v) is 2.81. The smallest absolute Gasteiger partial charge is 0.334 e. The largest absolute Gasteiger partial charge is 0.341 e. The number of urea groups is 1. The third-order valence-corrected chi connectivity index (χ3v) is 4.31. The maximum absolute atomic E-state index is 12.2. The van der Waals surface area contributed by atoms with E-state index < -0.39 is 17.8 Å². The van der Waals surface area contributed by atoms with Gasteiger partial charge in [-0.15, -0.1) is 12.4 Å². The van der Waals surface area contributed by atoms with Gasteiger partial charge in [0.2, 0.25) is 5.91 Å². The van der Waals surface area contributed by atoms with E-state index in [9.17, 15) is 19.2 Å². The van der Waals surface area contributed by atoms with Crippen LogP contribution >= 0.6 is 12.4 Å². The predicted octanol–water partition coefficient (Wildman–Crippen LogP) is -0.323. The van der Waals surface area contributed by atoms with E-state index in [1.54, 1.807) is 4.90 Å². The summed E-state index contributed by atoms with van der Waals surface area (Å²) in [5.74, 6) is -1.50. The van der Waals surface area contributed by atoms with Gasteiger partial charge in [0, 0.05) is 20.1 Å². The summed E-state index contributed by atoms with van der Waals surface area (Å²) in [7, 11) is 3.15. The van der Waals surface area contributed by atoms with Gasteiger partial charge in [0.25, 0.3) is 0 Å². The van der Waals surface area contributed by atoms with E-state index in [1.165, 1.54) is 7.05 Å². The molecule has 130 valence electrons. The van der Waals surface area contributed by atoms with Crippen LogP contribution in [0.5, 0.6) is 0 Å². The minimum absolute atomic E-state index is 0. The second kappa shape index (κ2) is 8.26. The normalized spacial score (nSPS) is 19.4. The van der Waals surface area contributed by atoms with Crippen molar-refractivity contribution < 1.29 is 19.2 Å². The Morgan fingerprint density at radius 3 is 2.26 bits per heavy atom. The molecule has 0 bridgehead atoms. The number of imide groups is 2. The molecule has 0 aliphatic carbocycles. The molecule has 2 aliphatic heterocycles. The number of piperidine rings is 1. The number of rotatable bonds is 5. The van der Waals surface area contributed by atoms with Crippen LogP contribution in [-0.2, 0) is 14.4 Å². The lowest BCUT2D eigenvalue weighted by molar-refractivity contribution is -0.144. The number of nitrogens with one attached hydrogen (secondary N) is 1. The first kappa shape index (κ1) is 19.4.